The maximum atomic E-state index is 9.35. The van der Waals surface area contributed by atoms with E-state index in [-0.39, 0.29) is 6.61 Å². The number of nitrogens with one attached hydrogen (secondary N) is 1. The average molecular weight is 271 g/mol. The van der Waals surface area contributed by atoms with Crippen LogP contribution in [0.25, 0.3) is 0 Å². The molecule has 2 rings (SSSR count). The Balaban J connectivity index is 2.16. The van der Waals surface area contributed by atoms with Gasteiger partial charge in [-0.25, -0.2) is 0 Å². The number of hydrogen-bond acceptors (Lipinski definition) is 3. The Morgan fingerprint density at radius 1 is 0.950 bits per heavy atom. The summed E-state index contributed by atoms with van der Waals surface area (Å²) >= 11 is 0. The minimum atomic E-state index is -0.0214. The Morgan fingerprint density at radius 3 is 2.20 bits per heavy atom. The van der Waals surface area contributed by atoms with Crippen LogP contribution in [0.15, 0.2) is 48.5 Å². The van der Waals surface area contributed by atoms with Crippen LogP contribution < -0.4 is 10.1 Å². The van der Waals surface area contributed by atoms with Crippen molar-refractivity contribution in [1.82, 2.24) is 5.32 Å². The summed E-state index contributed by atoms with van der Waals surface area (Å²) in [6.45, 7) is 3.90. The van der Waals surface area contributed by atoms with E-state index < -0.39 is 0 Å². The van der Waals surface area contributed by atoms with Gasteiger partial charge in [-0.2, -0.15) is 0 Å². The summed E-state index contributed by atoms with van der Waals surface area (Å²) in [7, 11) is 0. The van der Waals surface area contributed by atoms with E-state index in [1.807, 2.05) is 42.5 Å². The first-order valence-electron chi connectivity index (χ1n) is 7.00. The van der Waals surface area contributed by atoms with Crippen LogP contribution in [0.1, 0.15) is 24.5 Å². The topological polar surface area (TPSA) is 41.5 Å². The third kappa shape index (κ3) is 3.83. The Bertz CT molecular complexity index is 540. The van der Waals surface area contributed by atoms with Crippen LogP contribution in [0.4, 0.5) is 0 Å². The van der Waals surface area contributed by atoms with Crippen molar-refractivity contribution < 1.29 is 9.84 Å². The second kappa shape index (κ2) is 7.68. The zero-order chi connectivity index (χ0) is 14.2. The highest BCUT2D eigenvalue weighted by atomic mass is 16.5. The standard InChI is InChI=1S/C17H21NO2/c1-2-11-18-12-14-7-3-5-9-16(14)20-17-10-6-4-8-15(17)13-19/h3-10,18-19H,2,11-13H2,1H3. The fourth-order valence-electron chi connectivity index (χ4n) is 2.00. The van der Waals surface area contributed by atoms with Gasteiger partial charge in [0, 0.05) is 17.7 Å². The molecule has 0 radical (unpaired) electrons. The Labute approximate surface area is 120 Å². The third-order valence-corrected chi connectivity index (χ3v) is 3.08. The van der Waals surface area contributed by atoms with Crippen LogP contribution in [-0.4, -0.2) is 11.7 Å². The number of aliphatic hydroxyl groups is 1. The number of benzene rings is 2. The Hall–Kier alpha value is -1.84. The molecule has 0 spiro atoms. The van der Waals surface area contributed by atoms with Crippen LogP contribution >= 0.6 is 0 Å². The van der Waals surface area contributed by atoms with Gasteiger partial charge in [-0.15, -0.1) is 0 Å². The molecular weight excluding hydrogens is 250 g/mol. The molecule has 0 saturated heterocycles. The molecule has 0 saturated carbocycles. The van der Waals surface area contributed by atoms with E-state index in [2.05, 4.69) is 18.3 Å². The second-order valence-electron chi connectivity index (χ2n) is 4.65. The van der Waals surface area contributed by atoms with Crippen LogP contribution in [0.5, 0.6) is 11.5 Å². The van der Waals surface area contributed by atoms with Gasteiger partial charge >= 0.3 is 0 Å². The fraction of sp³-hybridized carbons (Fsp3) is 0.294. The molecule has 0 bridgehead atoms. The van der Waals surface area contributed by atoms with Crippen LogP contribution in [0.2, 0.25) is 0 Å². The second-order valence-corrected chi connectivity index (χ2v) is 4.65. The number of rotatable bonds is 7. The zero-order valence-electron chi connectivity index (χ0n) is 11.8. The predicted molar refractivity (Wildman–Crippen MR) is 80.9 cm³/mol. The number of aliphatic hydroxyl groups excluding tert-OH is 1. The number of ether oxygens (including phenoxy) is 1. The molecule has 20 heavy (non-hydrogen) atoms. The minimum absolute atomic E-state index is 0.0214. The van der Waals surface area contributed by atoms with Crippen molar-refractivity contribution in [2.24, 2.45) is 0 Å². The molecule has 3 nitrogen and oxygen atoms in total. The lowest BCUT2D eigenvalue weighted by molar-refractivity contribution is 0.276. The third-order valence-electron chi connectivity index (χ3n) is 3.08. The first-order chi connectivity index (χ1) is 9.85. The van der Waals surface area contributed by atoms with Gasteiger partial charge in [0.2, 0.25) is 0 Å². The van der Waals surface area contributed by atoms with Gasteiger partial charge in [-0.1, -0.05) is 43.3 Å². The number of hydrogen-bond donors (Lipinski definition) is 2. The molecule has 2 aromatic carbocycles. The van der Waals surface area contributed by atoms with Crippen LogP contribution in [-0.2, 0) is 13.2 Å². The van der Waals surface area contributed by atoms with Gasteiger partial charge in [0.15, 0.2) is 0 Å². The van der Waals surface area contributed by atoms with Gasteiger partial charge in [0.05, 0.1) is 6.61 Å². The lowest BCUT2D eigenvalue weighted by Gasteiger charge is -2.13. The lowest BCUT2D eigenvalue weighted by Crippen LogP contribution is -2.14. The first kappa shape index (κ1) is 14.6. The van der Waals surface area contributed by atoms with Crippen molar-refractivity contribution in [1.29, 1.82) is 0 Å². The summed E-state index contributed by atoms with van der Waals surface area (Å²) < 4.78 is 5.96. The first-order valence-corrected chi connectivity index (χ1v) is 7.00. The smallest absolute Gasteiger partial charge is 0.132 e. The Kier molecular flexibility index (Phi) is 5.59. The van der Waals surface area contributed by atoms with E-state index in [1.165, 1.54) is 0 Å². The highest BCUT2D eigenvalue weighted by Crippen LogP contribution is 2.28. The van der Waals surface area contributed by atoms with Gasteiger partial charge in [-0.3, -0.25) is 0 Å². The Morgan fingerprint density at radius 2 is 1.55 bits per heavy atom. The molecule has 0 amide bonds. The molecule has 0 aliphatic rings. The van der Waals surface area contributed by atoms with Crippen LogP contribution in [0.3, 0.4) is 0 Å². The van der Waals surface area contributed by atoms with Crippen molar-refractivity contribution >= 4 is 0 Å². The predicted octanol–water partition coefficient (Wildman–Crippen LogP) is 3.47. The van der Waals surface area contributed by atoms with E-state index in [0.29, 0.717) is 5.75 Å². The monoisotopic (exact) mass is 271 g/mol. The molecule has 0 unspecified atom stereocenters. The van der Waals surface area contributed by atoms with Crippen molar-refractivity contribution in [2.45, 2.75) is 26.5 Å². The largest absolute Gasteiger partial charge is 0.457 e. The maximum absolute atomic E-state index is 9.35. The lowest BCUT2D eigenvalue weighted by atomic mass is 10.2. The maximum Gasteiger partial charge on any atom is 0.132 e. The molecule has 0 fully saturated rings. The quantitative estimate of drug-likeness (QED) is 0.758. The fourth-order valence-corrected chi connectivity index (χ4v) is 2.00. The van der Waals surface area contributed by atoms with E-state index in [0.717, 1.165) is 36.4 Å². The van der Waals surface area contributed by atoms with Crippen molar-refractivity contribution in [3.63, 3.8) is 0 Å². The van der Waals surface area contributed by atoms with E-state index in [4.69, 9.17) is 4.74 Å². The molecule has 0 atom stereocenters. The van der Waals surface area contributed by atoms with Crippen molar-refractivity contribution in [3.8, 4) is 11.5 Å². The normalized spacial score (nSPS) is 10.5. The molecule has 0 aromatic heterocycles. The average Bonchev–Trinajstić information content (AvgIpc) is 2.50. The molecular formula is C17H21NO2. The van der Waals surface area contributed by atoms with Crippen molar-refractivity contribution in [3.05, 3.63) is 59.7 Å². The zero-order valence-corrected chi connectivity index (χ0v) is 11.8. The molecule has 0 heterocycles. The molecule has 2 aromatic rings. The summed E-state index contributed by atoms with van der Waals surface area (Å²) in [5.74, 6) is 1.54. The van der Waals surface area contributed by atoms with Gasteiger partial charge in [0.1, 0.15) is 11.5 Å². The SMILES string of the molecule is CCCNCc1ccccc1Oc1ccccc1CO. The molecule has 3 heteroatoms. The van der Waals surface area contributed by atoms with Crippen molar-refractivity contribution in [2.75, 3.05) is 6.54 Å². The van der Waals surface area contributed by atoms with Gasteiger partial charge < -0.3 is 15.2 Å². The summed E-state index contributed by atoms with van der Waals surface area (Å²) in [4.78, 5) is 0. The highest BCUT2D eigenvalue weighted by molar-refractivity contribution is 5.41. The molecule has 106 valence electrons. The van der Waals surface area contributed by atoms with E-state index >= 15 is 0 Å². The van der Waals surface area contributed by atoms with Gasteiger partial charge in [0.25, 0.3) is 0 Å². The summed E-state index contributed by atoms with van der Waals surface area (Å²) in [6.07, 6.45) is 1.11. The van der Waals surface area contributed by atoms with Crippen LogP contribution in [0, 0.1) is 0 Å². The summed E-state index contributed by atoms with van der Waals surface area (Å²) in [5.41, 5.74) is 1.91. The summed E-state index contributed by atoms with van der Waals surface area (Å²) in [5, 5.41) is 12.7. The highest BCUT2D eigenvalue weighted by Gasteiger charge is 2.07. The molecule has 0 aliphatic carbocycles. The minimum Gasteiger partial charge on any atom is -0.457 e. The van der Waals surface area contributed by atoms with E-state index in [9.17, 15) is 5.11 Å². The van der Waals surface area contributed by atoms with E-state index in [1.54, 1.807) is 0 Å². The van der Waals surface area contributed by atoms with Gasteiger partial charge in [-0.05, 0) is 25.1 Å². The summed E-state index contributed by atoms with van der Waals surface area (Å²) in [6, 6.07) is 15.5. The molecule has 0 aliphatic heterocycles. The number of para-hydroxylation sites is 2. The molecule has 2 N–H and O–H groups in total.